The number of hydrogen-bond acceptors (Lipinski definition) is 4. The van der Waals surface area contributed by atoms with E-state index in [9.17, 15) is 13.2 Å². The van der Waals surface area contributed by atoms with E-state index in [0.29, 0.717) is 0 Å². The molecule has 3 N–H and O–H groups in total. The first-order chi connectivity index (χ1) is 7.29. The van der Waals surface area contributed by atoms with Gasteiger partial charge in [-0.15, -0.1) is 12.4 Å². The number of halogens is 1. The molecule has 1 fully saturated rings. The third kappa shape index (κ3) is 5.70. The Morgan fingerprint density at radius 2 is 2.06 bits per heavy atom. The van der Waals surface area contributed by atoms with Gasteiger partial charge >= 0.3 is 0 Å². The van der Waals surface area contributed by atoms with Crippen molar-refractivity contribution in [1.29, 1.82) is 0 Å². The van der Waals surface area contributed by atoms with Crippen LogP contribution >= 0.6 is 12.4 Å². The van der Waals surface area contributed by atoms with Crippen LogP contribution in [0.4, 0.5) is 0 Å². The van der Waals surface area contributed by atoms with Crippen molar-refractivity contribution in [3.05, 3.63) is 0 Å². The molecule has 0 aliphatic heterocycles. The summed E-state index contributed by atoms with van der Waals surface area (Å²) in [5.74, 6) is -0.288. The largest absolute Gasteiger partial charge is 0.352 e. The van der Waals surface area contributed by atoms with E-state index in [1.807, 2.05) is 0 Å². The lowest BCUT2D eigenvalue weighted by Gasteiger charge is -2.18. The molecule has 0 spiro atoms. The second-order valence-corrected chi connectivity index (χ2v) is 6.89. The Morgan fingerprint density at radius 3 is 2.47 bits per heavy atom. The molecule has 1 aliphatic rings. The first kappa shape index (κ1) is 16.7. The molecule has 1 aliphatic carbocycles. The van der Waals surface area contributed by atoms with Gasteiger partial charge in [0.25, 0.3) is 0 Å². The third-order valence-electron chi connectivity index (χ3n) is 2.85. The van der Waals surface area contributed by atoms with Crippen LogP contribution in [-0.4, -0.2) is 38.4 Å². The number of nitrogens with two attached hydrogens (primary N) is 1. The highest BCUT2D eigenvalue weighted by molar-refractivity contribution is 7.90. The Bertz CT molecular complexity index is 359. The van der Waals surface area contributed by atoms with Gasteiger partial charge in [0.15, 0.2) is 0 Å². The maximum absolute atomic E-state index is 11.8. The van der Waals surface area contributed by atoms with Gasteiger partial charge in [-0.25, -0.2) is 8.42 Å². The van der Waals surface area contributed by atoms with Gasteiger partial charge in [0.2, 0.25) is 5.91 Å². The van der Waals surface area contributed by atoms with Crippen molar-refractivity contribution in [2.45, 2.75) is 38.3 Å². The Balaban J connectivity index is 0.00000256. The summed E-state index contributed by atoms with van der Waals surface area (Å²) >= 11 is 0. The highest BCUT2D eigenvalue weighted by atomic mass is 35.5. The number of amides is 1. The van der Waals surface area contributed by atoms with Crippen LogP contribution in [0.5, 0.6) is 0 Å². The molecule has 1 saturated carbocycles. The van der Waals surface area contributed by atoms with Crippen molar-refractivity contribution < 1.29 is 13.2 Å². The van der Waals surface area contributed by atoms with Gasteiger partial charge in [0.1, 0.15) is 9.84 Å². The lowest BCUT2D eigenvalue weighted by molar-refractivity contribution is -0.125. The minimum atomic E-state index is -3.05. The molecule has 0 bridgehead atoms. The molecule has 0 radical (unpaired) electrons. The van der Waals surface area contributed by atoms with Crippen LogP contribution < -0.4 is 11.1 Å². The zero-order chi connectivity index (χ0) is 12.3. The minimum absolute atomic E-state index is 0. The first-order valence-electron chi connectivity index (χ1n) is 5.53. The molecule has 7 heteroatoms. The fourth-order valence-corrected chi connectivity index (χ4v) is 3.15. The Kier molecular flexibility index (Phi) is 6.43. The normalized spacial score (nSPS) is 26.1. The van der Waals surface area contributed by atoms with Crippen LogP contribution in [0.3, 0.4) is 0 Å². The minimum Gasteiger partial charge on any atom is -0.352 e. The molecule has 5 nitrogen and oxygen atoms in total. The van der Waals surface area contributed by atoms with E-state index in [1.54, 1.807) is 6.92 Å². The average Bonchev–Trinajstić information content (AvgIpc) is 2.47. The first-order valence-corrected chi connectivity index (χ1v) is 7.59. The molecule has 3 unspecified atom stereocenters. The highest BCUT2D eigenvalue weighted by Crippen LogP contribution is 2.24. The quantitative estimate of drug-likeness (QED) is 0.765. The summed E-state index contributed by atoms with van der Waals surface area (Å²) < 4.78 is 22.1. The monoisotopic (exact) mass is 284 g/mol. The molecule has 0 aromatic heterocycles. The highest BCUT2D eigenvalue weighted by Gasteiger charge is 2.30. The van der Waals surface area contributed by atoms with Gasteiger partial charge in [-0.3, -0.25) is 4.79 Å². The fraction of sp³-hybridized carbons (Fsp3) is 0.900. The summed E-state index contributed by atoms with van der Waals surface area (Å²) in [4.78, 5) is 11.8. The van der Waals surface area contributed by atoms with E-state index in [-0.39, 0.29) is 42.1 Å². The van der Waals surface area contributed by atoms with Crippen LogP contribution in [0.1, 0.15) is 26.2 Å². The second kappa shape index (κ2) is 6.56. The van der Waals surface area contributed by atoms with E-state index in [1.165, 1.54) is 0 Å². The Morgan fingerprint density at radius 1 is 1.47 bits per heavy atom. The van der Waals surface area contributed by atoms with Crippen LogP contribution in [-0.2, 0) is 14.6 Å². The van der Waals surface area contributed by atoms with Gasteiger partial charge < -0.3 is 11.1 Å². The van der Waals surface area contributed by atoms with E-state index in [0.717, 1.165) is 25.5 Å². The summed E-state index contributed by atoms with van der Waals surface area (Å²) in [6, 6.07) is -0.430. The molecular formula is C10H21ClN2O3S. The summed E-state index contributed by atoms with van der Waals surface area (Å²) in [5, 5.41) is 2.71. The summed E-state index contributed by atoms with van der Waals surface area (Å²) in [7, 11) is -3.05. The standard InChI is InChI=1S/C10H20N2O3S.ClH/c1-7(6-16(2,14)15)12-10(13)8-4-3-5-9(8)11;/h7-9H,3-6,11H2,1-2H3,(H,12,13);1H. The number of nitrogens with one attached hydrogen (secondary N) is 1. The van der Waals surface area contributed by atoms with Crippen molar-refractivity contribution in [1.82, 2.24) is 5.32 Å². The predicted octanol–water partition coefficient (Wildman–Crippen LogP) is 0.0849. The zero-order valence-corrected chi connectivity index (χ0v) is 11.8. The molecule has 0 aromatic carbocycles. The number of sulfone groups is 1. The predicted molar refractivity (Wildman–Crippen MR) is 69.9 cm³/mol. The van der Waals surface area contributed by atoms with Gasteiger partial charge in [0.05, 0.1) is 11.7 Å². The van der Waals surface area contributed by atoms with Crippen LogP contribution in [0.15, 0.2) is 0 Å². The van der Waals surface area contributed by atoms with Crippen molar-refractivity contribution in [3.63, 3.8) is 0 Å². The van der Waals surface area contributed by atoms with Crippen molar-refractivity contribution in [2.75, 3.05) is 12.0 Å². The molecule has 0 heterocycles. The number of carbonyl (C=O) groups is 1. The third-order valence-corrected chi connectivity index (χ3v) is 3.95. The summed E-state index contributed by atoms with van der Waals surface area (Å²) in [6.45, 7) is 1.69. The van der Waals surface area contributed by atoms with Gasteiger partial charge in [-0.05, 0) is 19.8 Å². The van der Waals surface area contributed by atoms with Gasteiger partial charge in [0, 0.05) is 18.3 Å². The number of carbonyl (C=O) groups excluding carboxylic acids is 1. The van der Waals surface area contributed by atoms with E-state index in [4.69, 9.17) is 5.73 Å². The van der Waals surface area contributed by atoms with Crippen molar-refractivity contribution in [2.24, 2.45) is 11.7 Å². The zero-order valence-electron chi connectivity index (χ0n) is 10.2. The molecule has 1 amide bonds. The summed E-state index contributed by atoms with van der Waals surface area (Å²) in [5.41, 5.74) is 5.80. The van der Waals surface area contributed by atoms with E-state index < -0.39 is 9.84 Å². The Hall–Kier alpha value is -0.330. The summed E-state index contributed by atoms with van der Waals surface area (Å²) in [6.07, 6.45) is 3.81. The molecule has 0 saturated heterocycles. The maximum atomic E-state index is 11.8. The van der Waals surface area contributed by atoms with Crippen molar-refractivity contribution >= 4 is 28.2 Å². The fourth-order valence-electron chi connectivity index (χ4n) is 2.16. The van der Waals surface area contributed by atoms with Gasteiger partial charge in [-0.1, -0.05) is 6.42 Å². The lowest BCUT2D eigenvalue weighted by atomic mass is 10.0. The molecule has 102 valence electrons. The van der Waals surface area contributed by atoms with Crippen LogP contribution in [0, 0.1) is 5.92 Å². The second-order valence-electron chi connectivity index (χ2n) is 4.70. The van der Waals surface area contributed by atoms with Crippen LogP contribution in [0.25, 0.3) is 0 Å². The SMILES string of the molecule is CC(CS(C)(=O)=O)NC(=O)C1CCCC1N.Cl. The average molecular weight is 285 g/mol. The lowest BCUT2D eigenvalue weighted by Crippen LogP contribution is -2.44. The maximum Gasteiger partial charge on any atom is 0.224 e. The topological polar surface area (TPSA) is 89.3 Å². The molecule has 17 heavy (non-hydrogen) atoms. The molecule has 0 aromatic rings. The van der Waals surface area contributed by atoms with Gasteiger partial charge in [-0.2, -0.15) is 0 Å². The Labute approximate surface area is 109 Å². The molecule has 3 atom stereocenters. The number of rotatable bonds is 4. The van der Waals surface area contributed by atoms with Crippen LogP contribution in [0.2, 0.25) is 0 Å². The number of hydrogen-bond donors (Lipinski definition) is 2. The van der Waals surface area contributed by atoms with E-state index in [2.05, 4.69) is 5.32 Å². The smallest absolute Gasteiger partial charge is 0.224 e. The van der Waals surface area contributed by atoms with Crippen molar-refractivity contribution in [3.8, 4) is 0 Å². The molecular weight excluding hydrogens is 264 g/mol. The molecule has 1 rings (SSSR count). The van der Waals surface area contributed by atoms with E-state index >= 15 is 0 Å².